The first kappa shape index (κ1) is 25.0. The van der Waals surface area contributed by atoms with E-state index in [2.05, 4.69) is 143 Å². The molecule has 200 valence electrons. The van der Waals surface area contributed by atoms with Crippen molar-refractivity contribution in [1.29, 1.82) is 0 Å². The number of benzene rings is 5. The van der Waals surface area contributed by atoms with Gasteiger partial charge in [-0.2, -0.15) is 0 Å². The zero-order valence-electron chi connectivity index (χ0n) is 23.4. The predicted molar refractivity (Wildman–Crippen MR) is 174 cm³/mol. The van der Waals surface area contributed by atoms with E-state index in [1.807, 2.05) is 13.8 Å². The molecule has 2 aromatic heterocycles. The number of hydrogen-bond acceptors (Lipinski definition) is 1. The molecule has 0 bridgehead atoms. The monoisotopic (exact) mass is 532 g/mol. The summed E-state index contributed by atoms with van der Waals surface area (Å²) in [6, 6.07) is 43.0. The molecule has 5 aromatic carbocycles. The Hall–Kier alpha value is -5.02. The van der Waals surface area contributed by atoms with Gasteiger partial charge in [-0.1, -0.05) is 86.6 Å². The van der Waals surface area contributed by atoms with E-state index in [0.29, 0.717) is 0 Å². The maximum absolute atomic E-state index is 6.34. The summed E-state index contributed by atoms with van der Waals surface area (Å²) in [5, 5.41) is 5.13. The summed E-state index contributed by atoms with van der Waals surface area (Å²) in [5.74, 6) is 1.85. The van der Waals surface area contributed by atoms with Gasteiger partial charge in [0.2, 0.25) is 0 Å². The molecular weight excluding hydrogens is 500 g/mol. The Morgan fingerprint density at radius 2 is 0.902 bits per heavy atom. The van der Waals surface area contributed by atoms with Crippen molar-refractivity contribution in [1.82, 2.24) is 9.13 Å². The summed E-state index contributed by atoms with van der Waals surface area (Å²) < 4.78 is 11.1. The number of rotatable bonds is 4. The summed E-state index contributed by atoms with van der Waals surface area (Å²) in [7, 11) is 0. The fourth-order valence-electron chi connectivity index (χ4n) is 6.13. The average Bonchev–Trinajstić information content (AvgIpc) is 3.56. The highest BCUT2D eigenvalue weighted by molar-refractivity contribution is 6.10. The van der Waals surface area contributed by atoms with Gasteiger partial charge in [0.25, 0.3) is 0 Å². The van der Waals surface area contributed by atoms with Crippen molar-refractivity contribution in [3.8, 4) is 11.4 Å². The summed E-state index contributed by atoms with van der Waals surface area (Å²) in [6.07, 6.45) is 6.13. The van der Waals surface area contributed by atoms with E-state index in [1.54, 1.807) is 0 Å². The Morgan fingerprint density at radius 1 is 0.463 bits per heavy atom. The van der Waals surface area contributed by atoms with Crippen molar-refractivity contribution in [2.24, 2.45) is 0 Å². The Kier molecular flexibility index (Phi) is 6.41. The van der Waals surface area contributed by atoms with Crippen LogP contribution in [0.2, 0.25) is 0 Å². The first-order chi connectivity index (χ1) is 20.3. The number of ether oxygens (including phenoxy) is 1. The molecule has 0 aliphatic heterocycles. The standard InChI is InChI=1S/C36H26N2O.C2H6/c1-5-13-33-29(9-1)30-10-2-6-14-34(30)37(33)25-17-21-27(22-18-25)39-28-23-19-26(20-24-28)38-35-15-7-3-11-31(35)32-12-4-8-16-36(32)38;1-2/h1-19,21-23H,20,24H2;1-2H3. The molecule has 8 rings (SSSR count). The van der Waals surface area contributed by atoms with Crippen LogP contribution >= 0.6 is 0 Å². The van der Waals surface area contributed by atoms with Crippen LogP contribution < -0.4 is 4.74 Å². The van der Waals surface area contributed by atoms with E-state index in [-0.39, 0.29) is 0 Å². The zero-order chi connectivity index (χ0) is 27.8. The summed E-state index contributed by atoms with van der Waals surface area (Å²) in [6.45, 7) is 4.00. The van der Waals surface area contributed by atoms with Crippen molar-refractivity contribution in [3.05, 3.63) is 139 Å². The van der Waals surface area contributed by atoms with E-state index in [4.69, 9.17) is 4.74 Å². The molecule has 2 heterocycles. The van der Waals surface area contributed by atoms with E-state index in [0.717, 1.165) is 30.0 Å². The van der Waals surface area contributed by atoms with Crippen LogP contribution in [0.15, 0.2) is 139 Å². The smallest absolute Gasteiger partial charge is 0.127 e. The molecule has 1 aliphatic rings. The summed E-state index contributed by atoms with van der Waals surface area (Å²) >= 11 is 0. The largest absolute Gasteiger partial charge is 0.462 e. The van der Waals surface area contributed by atoms with Crippen molar-refractivity contribution < 1.29 is 4.74 Å². The Labute approximate surface area is 240 Å². The molecule has 0 atom stereocenters. The van der Waals surface area contributed by atoms with Gasteiger partial charge < -0.3 is 13.9 Å². The molecule has 3 heteroatoms. The minimum Gasteiger partial charge on any atom is -0.462 e. The van der Waals surface area contributed by atoms with Gasteiger partial charge in [0.15, 0.2) is 0 Å². The molecule has 0 amide bonds. The van der Waals surface area contributed by atoms with Crippen LogP contribution in [0.1, 0.15) is 26.7 Å². The minimum atomic E-state index is 0.861. The van der Waals surface area contributed by atoms with Crippen LogP contribution in [0.4, 0.5) is 0 Å². The molecule has 0 radical (unpaired) electrons. The zero-order valence-corrected chi connectivity index (χ0v) is 23.4. The lowest BCUT2D eigenvalue weighted by Crippen LogP contribution is -2.04. The second kappa shape index (κ2) is 10.5. The van der Waals surface area contributed by atoms with Gasteiger partial charge in [0.1, 0.15) is 11.5 Å². The average molecular weight is 533 g/mol. The van der Waals surface area contributed by atoms with Crippen LogP contribution in [-0.2, 0) is 0 Å². The Balaban J connectivity index is 0.00000135. The van der Waals surface area contributed by atoms with Crippen LogP contribution in [0.3, 0.4) is 0 Å². The topological polar surface area (TPSA) is 19.1 Å². The van der Waals surface area contributed by atoms with E-state index in [1.165, 1.54) is 49.3 Å². The summed E-state index contributed by atoms with van der Waals surface area (Å²) in [5.41, 5.74) is 7.36. The number of allylic oxidation sites excluding steroid dienone is 4. The van der Waals surface area contributed by atoms with Crippen LogP contribution in [0.5, 0.6) is 5.75 Å². The number of aromatic nitrogens is 2. The molecule has 0 spiro atoms. The molecule has 3 nitrogen and oxygen atoms in total. The molecule has 0 N–H and O–H groups in total. The highest BCUT2D eigenvalue weighted by atomic mass is 16.5. The predicted octanol–water partition coefficient (Wildman–Crippen LogP) is 10.5. The molecule has 41 heavy (non-hydrogen) atoms. The number of hydrogen-bond donors (Lipinski definition) is 0. The first-order valence-electron chi connectivity index (χ1n) is 14.5. The van der Waals surface area contributed by atoms with Crippen molar-refractivity contribution >= 4 is 49.3 Å². The SMILES string of the molecule is C1=C(Oc2ccc(-n3c4ccccc4c4ccccc43)cc2)CCC(n2c3ccccc3c3ccccc32)=C1.CC. The van der Waals surface area contributed by atoms with E-state index >= 15 is 0 Å². The van der Waals surface area contributed by atoms with Gasteiger partial charge in [0.05, 0.1) is 22.1 Å². The van der Waals surface area contributed by atoms with Crippen LogP contribution in [-0.4, -0.2) is 9.13 Å². The third-order valence-electron chi connectivity index (χ3n) is 7.88. The van der Waals surface area contributed by atoms with Gasteiger partial charge in [-0.3, -0.25) is 0 Å². The van der Waals surface area contributed by atoms with Gasteiger partial charge in [-0.25, -0.2) is 0 Å². The molecular formula is C38H32N2O. The first-order valence-corrected chi connectivity index (χ1v) is 14.5. The highest BCUT2D eigenvalue weighted by Gasteiger charge is 2.16. The van der Waals surface area contributed by atoms with Gasteiger partial charge >= 0.3 is 0 Å². The number of para-hydroxylation sites is 4. The summed E-state index contributed by atoms with van der Waals surface area (Å²) in [4.78, 5) is 0. The van der Waals surface area contributed by atoms with Crippen molar-refractivity contribution in [3.63, 3.8) is 0 Å². The molecule has 1 aliphatic carbocycles. The quantitative estimate of drug-likeness (QED) is 0.221. The molecule has 7 aromatic rings. The lowest BCUT2D eigenvalue weighted by atomic mass is 10.1. The molecule has 0 saturated carbocycles. The molecule has 0 saturated heterocycles. The third kappa shape index (κ3) is 4.22. The highest BCUT2D eigenvalue weighted by Crippen LogP contribution is 2.36. The van der Waals surface area contributed by atoms with Crippen molar-refractivity contribution in [2.75, 3.05) is 0 Å². The van der Waals surface area contributed by atoms with Gasteiger partial charge in [-0.05, 0) is 67.1 Å². The Morgan fingerprint density at radius 3 is 1.34 bits per heavy atom. The minimum absolute atomic E-state index is 0.861. The fourth-order valence-corrected chi connectivity index (χ4v) is 6.13. The van der Waals surface area contributed by atoms with E-state index in [9.17, 15) is 0 Å². The molecule has 0 unspecified atom stereocenters. The van der Waals surface area contributed by atoms with Gasteiger partial charge in [0, 0.05) is 39.4 Å². The van der Waals surface area contributed by atoms with Crippen LogP contribution in [0.25, 0.3) is 55.0 Å². The van der Waals surface area contributed by atoms with E-state index < -0.39 is 0 Å². The second-order valence-corrected chi connectivity index (χ2v) is 10.1. The van der Waals surface area contributed by atoms with Crippen LogP contribution in [0, 0.1) is 0 Å². The van der Waals surface area contributed by atoms with Crippen molar-refractivity contribution in [2.45, 2.75) is 26.7 Å². The maximum Gasteiger partial charge on any atom is 0.127 e. The normalized spacial score (nSPS) is 13.2. The lowest BCUT2D eigenvalue weighted by molar-refractivity contribution is 0.403. The lowest BCUT2D eigenvalue weighted by Gasteiger charge is -2.18. The number of nitrogens with zero attached hydrogens (tertiary/aromatic N) is 2. The number of fused-ring (bicyclic) bond motifs is 6. The third-order valence-corrected chi connectivity index (χ3v) is 7.88. The Bertz CT molecular complexity index is 1980. The second-order valence-electron chi connectivity index (χ2n) is 10.1. The van der Waals surface area contributed by atoms with Gasteiger partial charge in [-0.15, -0.1) is 0 Å². The maximum atomic E-state index is 6.34. The fraction of sp³-hybridized carbons (Fsp3) is 0.105. The molecule has 0 fully saturated rings.